The number of hydrogen-bond donors (Lipinski definition) is 0. The van der Waals surface area contributed by atoms with Gasteiger partial charge in [0.15, 0.2) is 17.8 Å². The number of aryl methyl sites for hydroxylation is 2. The molecule has 0 bridgehead atoms. The smallest absolute Gasteiger partial charge is 0.488 e. The van der Waals surface area contributed by atoms with Crippen molar-refractivity contribution >= 4 is 26.5 Å². The molecule has 0 aromatic heterocycles. The number of para-hydroxylation sites is 1. The lowest BCUT2D eigenvalue weighted by molar-refractivity contribution is -0.0513. The monoisotopic (exact) mass is 536 g/mol. The van der Waals surface area contributed by atoms with Crippen molar-refractivity contribution in [1.82, 2.24) is 0 Å². The van der Waals surface area contributed by atoms with Gasteiger partial charge in [-0.3, -0.25) is 4.79 Å². The van der Waals surface area contributed by atoms with Crippen molar-refractivity contribution in [3.63, 3.8) is 0 Å². The lowest BCUT2D eigenvalue weighted by atomic mass is 10.1. The van der Waals surface area contributed by atoms with E-state index < -0.39 is 54.9 Å². The van der Waals surface area contributed by atoms with E-state index in [9.17, 15) is 48.0 Å². The molecule has 2 aromatic carbocycles. The minimum absolute atomic E-state index is 0.0124. The third-order valence-electron chi connectivity index (χ3n) is 4.08. The number of carbonyl (C=O) groups excluding carboxylic acids is 1. The van der Waals surface area contributed by atoms with Crippen LogP contribution in [-0.2, 0) is 26.8 Å². The van der Waals surface area contributed by atoms with Crippen molar-refractivity contribution in [3.8, 4) is 17.2 Å². The number of hydrogen-bond acceptors (Lipinski definition) is 8. The van der Waals surface area contributed by atoms with Crippen LogP contribution in [0.25, 0.3) is 0 Å². The van der Waals surface area contributed by atoms with E-state index in [0.717, 1.165) is 0 Å². The molecular weight excluding hydrogens is 522 g/mol. The zero-order chi connectivity index (χ0) is 26.1. The first-order chi connectivity index (χ1) is 15.4. The van der Waals surface area contributed by atoms with Gasteiger partial charge in [-0.2, -0.15) is 43.2 Å². The lowest BCUT2D eigenvalue weighted by Crippen LogP contribution is -2.30. The van der Waals surface area contributed by atoms with Crippen LogP contribution in [0.5, 0.6) is 17.2 Å². The van der Waals surface area contributed by atoms with Gasteiger partial charge in [0.05, 0.1) is 0 Å². The third-order valence-corrected chi connectivity index (χ3v) is 6.01. The van der Waals surface area contributed by atoms with Crippen LogP contribution in [-0.4, -0.2) is 34.1 Å². The Morgan fingerprint density at radius 2 is 1.26 bits per heavy atom. The summed E-state index contributed by atoms with van der Waals surface area (Å²) in [5.74, 6) is -2.90. The quantitative estimate of drug-likeness (QED) is 0.214. The molecule has 0 aliphatic heterocycles. The number of rotatable bonds is 8. The maximum atomic E-state index is 12.7. The molecule has 2 rings (SSSR count). The second-order valence-corrected chi connectivity index (χ2v) is 9.67. The maximum Gasteiger partial charge on any atom is 0.534 e. The first-order valence-corrected chi connectivity index (χ1v) is 11.5. The van der Waals surface area contributed by atoms with Crippen LogP contribution in [0.1, 0.15) is 27.0 Å². The predicted molar refractivity (Wildman–Crippen MR) is 103 cm³/mol. The van der Waals surface area contributed by atoms with E-state index in [1.165, 1.54) is 0 Å². The fraction of sp³-hybridized carbons (Fsp3) is 0.278. The van der Waals surface area contributed by atoms with Crippen LogP contribution >= 0.6 is 0 Å². The topological polar surface area (TPSA) is 113 Å². The molecule has 0 amide bonds. The average molecular weight is 536 g/mol. The highest BCUT2D eigenvalue weighted by molar-refractivity contribution is 7.88. The van der Waals surface area contributed by atoms with Crippen molar-refractivity contribution in [2.75, 3.05) is 0 Å². The molecular formula is C18H14F6O8S2. The molecule has 0 aliphatic carbocycles. The summed E-state index contributed by atoms with van der Waals surface area (Å²) in [7, 11) is -12.9. The second-order valence-electron chi connectivity index (χ2n) is 6.59. The van der Waals surface area contributed by atoms with E-state index in [0.29, 0.717) is 22.9 Å². The van der Waals surface area contributed by atoms with Gasteiger partial charge in [0.25, 0.3) is 0 Å². The number of benzene rings is 2. The fourth-order valence-corrected chi connectivity index (χ4v) is 3.41. The molecule has 0 spiro atoms. The largest absolute Gasteiger partial charge is 0.534 e. The molecule has 0 unspecified atom stereocenters. The number of carbonyl (C=O) groups is 1. The summed E-state index contributed by atoms with van der Waals surface area (Å²) in [5.41, 5.74) is -11.7. The Kier molecular flexibility index (Phi) is 7.47. The van der Waals surface area contributed by atoms with Gasteiger partial charge in [-0.05, 0) is 37.1 Å². The van der Waals surface area contributed by atoms with Crippen LogP contribution < -0.4 is 13.1 Å². The molecule has 0 saturated heterocycles. The van der Waals surface area contributed by atoms with Crippen LogP contribution in [0, 0.1) is 13.8 Å². The SMILES string of the molecule is Cc1cccc(C)c1OCc1cc(OS(=O)(=O)C(F)(F)F)c(OS(=O)(=O)C(F)(F)F)cc1C=O. The molecule has 0 fully saturated rings. The highest BCUT2D eigenvalue weighted by Crippen LogP contribution is 2.38. The van der Waals surface area contributed by atoms with Crippen LogP contribution in [0.4, 0.5) is 26.3 Å². The van der Waals surface area contributed by atoms with E-state index in [1.807, 2.05) is 0 Å². The number of halogens is 6. The van der Waals surface area contributed by atoms with Crippen molar-refractivity contribution in [1.29, 1.82) is 0 Å². The number of alkyl halides is 6. The molecule has 0 aliphatic rings. The van der Waals surface area contributed by atoms with E-state index in [1.54, 1.807) is 32.0 Å². The summed E-state index contributed by atoms with van der Waals surface area (Å²) in [6.45, 7) is 2.70. The molecule has 8 nitrogen and oxygen atoms in total. The summed E-state index contributed by atoms with van der Waals surface area (Å²) in [6, 6.07) is 5.65. The Morgan fingerprint density at radius 1 is 0.824 bits per heavy atom. The van der Waals surface area contributed by atoms with Gasteiger partial charge >= 0.3 is 31.3 Å². The molecule has 0 heterocycles. The first-order valence-electron chi connectivity index (χ1n) is 8.72. The summed E-state index contributed by atoms with van der Waals surface area (Å²) in [5, 5.41) is 0. The minimum Gasteiger partial charge on any atom is -0.488 e. The molecule has 34 heavy (non-hydrogen) atoms. The van der Waals surface area contributed by atoms with Crippen LogP contribution in [0.3, 0.4) is 0 Å². The zero-order valence-corrected chi connectivity index (χ0v) is 18.7. The zero-order valence-electron chi connectivity index (χ0n) is 17.0. The predicted octanol–water partition coefficient (Wildman–Crippen LogP) is 4.15. The van der Waals surface area contributed by atoms with Crippen molar-refractivity contribution in [3.05, 3.63) is 52.6 Å². The van der Waals surface area contributed by atoms with Gasteiger partial charge in [-0.1, -0.05) is 18.2 Å². The summed E-state index contributed by atoms with van der Waals surface area (Å²) in [6.07, 6.45) is 0.0124. The molecule has 16 heteroatoms. The van der Waals surface area contributed by atoms with Gasteiger partial charge in [-0.25, -0.2) is 0 Å². The Hall–Kier alpha value is -3.01. The summed E-state index contributed by atoms with van der Waals surface area (Å²) < 4.78 is 135. The van der Waals surface area contributed by atoms with E-state index >= 15 is 0 Å². The van der Waals surface area contributed by atoms with Gasteiger partial charge in [0, 0.05) is 11.1 Å². The Bertz CT molecular complexity index is 1280. The van der Waals surface area contributed by atoms with E-state index in [-0.39, 0.29) is 17.9 Å². The molecule has 188 valence electrons. The third kappa shape index (κ3) is 5.91. The van der Waals surface area contributed by atoms with Gasteiger partial charge < -0.3 is 13.1 Å². The van der Waals surface area contributed by atoms with Crippen LogP contribution in [0.2, 0.25) is 0 Å². The standard InChI is InChI=1S/C18H14F6O8S2/c1-10-4-3-5-11(2)16(10)30-9-13-7-15(32-34(28,29)18(22,23)24)14(6-12(13)8-25)31-33(26,27)17(19,20)21/h3-8H,9H2,1-2H3. The number of aldehydes is 1. The molecule has 0 N–H and O–H groups in total. The Morgan fingerprint density at radius 3 is 1.68 bits per heavy atom. The van der Waals surface area contributed by atoms with E-state index in [2.05, 4.69) is 8.37 Å². The van der Waals surface area contributed by atoms with Crippen molar-refractivity contribution in [2.45, 2.75) is 31.5 Å². The van der Waals surface area contributed by atoms with Crippen molar-refractivity contribution in [2.24, 2.45) is 0 Å². The normalized spacial score (nSPS) is 12.8. The highest BCUT2D eigenvalue weighted by Gasteiger charge is 2.51. The molecule has 0 saturated carbocycles. The van der Waals surface area contributed by atoms with Gasteiger partial charge in [0.2, 0.25) is 0 Å². The first kappa shape index (κ1) is 27.2. The molecule has 0 atom stereocenters. The average Bonchev–Trinajstić information content (AvgIpc) is 2.67. The summed E-state index contributed by atoms with van der Waals surface area (Å²) in [4.78, 5) is 11.4. The van der Waals surface area contributed by atoms with E-state index in [4.69, 9.17) is 4.74 Å². The molecule has 0 radical (unpaired) electrons. The Balaban J connectivity index is 2.61. The molecule has 2 aromatic rings. The Labute approximate surface area is 189 Å². The maximum absolute atomic E-state index is 12.7. The van der Waals surface area contributed by atoms with Crippen LogP contribution in [0.15, 0.2) is 30.3 Å². The van der Waals surface area contributed by atoms with Gasteiger partial charge in [-0.15, -0.1) is 0 Å². The second kappa shape index (κ2) is 9.32. The highest BCUT2D eigenvalue weighted by atomic mass is 32.2. The lowest BCUT2D eigenvalue weighted by Gasteiger charge is -2.17. The summed E-state index contributed by atoms with van der Waals surface area (Å²) >= 11 is 0. The number of ether oxygens (including phenoxy) is 1. The fourth-order valence-electron chi connectivity index (χ4n) is 2.49. The minimum atomic E-state index is -6.47. The van der Waals surface area contributed by atoms with Crippen molar-refractivity contribution < 1.29 is 61.1 Å². The van der Waals surface area contributed by atoms with Gasteiger partial charge in [0.1, 0.15) is 12.4 Å².